The number of rotatable bonds is 3. The van der Waals surface area contributed by atoms with Gasteiger partial charge in [-0.3, -0.25) is 4.90 Å². The van der Waals surface area contributed by atoms with Crippen LogP contribution >= 0.6 is 0 Å². The molecule has 1 aromatic carbocycles. The quantitative estimate of drug-likeness (QED) is 0.917. The van der Waals surface area contributed by atoms with Gasteiger partial charge in [0.05, 0.1) is 5.60 Å². The number of benzene rings is 1. The van der Waals surface area contributed by atoms with Crippen molar-refractivity contribution in [1.29, 1.82) is 0 Å². The molecule has 1 saturated carbocycles. The molecule has 132 valence electrons. The fraction of sp³-hybridized carbons (Fsp3) is 0.667. The Morgan fingerprint density at radius 2 is 2.04 bits per heavy atom. The average molecular weight is 339 g/mol. The number of alkyl halides is 2. The SMILES string of the molecule is CC[C@@]1(O)CCC[C@@H]2CN(Cc3ccc4c(c3)OC(F)(F)O4)C[C@@H]21. The summed E-state index contributed by atoms with van der Waals surface area (Å²) in [5.74, 6) is 1.02. The number of likely N-dealkylation sites (tertiary alicyclic amines) is 1. The van der Waals surface area contributed by atoms with Gasteiger partial charge >= 0.3 is 6.29 Å². The summed E-state index contributed by atoms with van der Waals surface area (Å²) in [5, 5.41) is 10.9. The monoisotopic (exact) mass is 339 g/mol. The second-order valence-electron chi connectivity index (χ2n) is 7.36. The topological polar surface area (TPSA) is 41.9 Å². The van der Waals surface area contributed by atoms with Gasteiger partial charge < -0.3 is 14.6 Å². The van der Waals surface area contributed by atoms with Gasteiger partial charge in [-0.15, -0.1) is 8.78 Å². The highest BCUT2D eigenvalue weighted by atomic mass is 19.3. The number of hydrogen-bond acceptors (Lipinski definition) is 4. The zero-order valence-corrected chi connectivity index (χ0v) is 13.8. The van der Waals surface area contributed by atoms with Crippen LogP contribution in [0.1, 0.15) is 38.2 Å². The molecule has 3 atom stereocenters. The van der Waals surface area contributed by atoms with E-state index in [1.165, 1.54) is 6.07 Å². The van der Waals surface area contributed by atoms with E-state index >= 15 is 0 Å². The van der Waals surface area contributed by atoms with Crippen molar-refractivity contribution in [2.45, 2.75) is 51.0 Å². The van der Waals surface area contributed by atoms with Gasteiger partial charge in [0.2, 0.25) is 0 Å². The Kier molecular flexibility index (Phi) is 3.73. The van der Waals surface area contributed by atoms with Crippen molar-refractivity contribution in [2.75, 3.05) is 13.1 Å². The molecular weight excluding hydrogens is 316 g/mol. The lowest BCUT2D eigenvalue weighted by atomic mass is 9.69. The van der Waals surface area contributed by atoms with Crippen LogP contribution in [0.5, 0.6) is 11.5 Å². The zero-order chi connectivity index (χ0) is 16.9. The largest absolute Gasteiger partial charge is 0.586 e. The van der Waals surface area contributed by atoms with Gasteiger partial charge in [0.15, 0.2) is 11.5 Å². The van der Waals surface area contributed by atoms with E-state index in [9.17, 15) is 13.9 Å². The molecule has 1 aromatic rings. The van der Waals surface area contributed by atoms with Gasteiger partial charge in [0, 0.05) is 25.6 Å². The first-order valence-corrected chi connectivity index (χ1v) is 8.72. The van der Waals surface area contributed by atoms with Crippen LogP contribution < -0.4 is 9.47 Å². The lowest BCUT2D eigenvalue weighted by molar-refractivity contribution is -0.286. The van der Waals surface area contributed by atoms with Crippen molar-refractivity contribution < 1.29 is 23.4 Å². The number of fused-ring (bicyclic) bond motifs is 2. The van der Waals surface area contributed by atoms with Gasteiger partial charge in [0.1, 0.15) is 0 Å². The summed E-state index contributed by atoms with van der Waals surface area (Å²) in [6.45, 7) is 4.55. The molecule has 0 spiro atoms. The van der Waals surface area contributed by atoms with E-state index < -0.39 is 11.9 Å². The van der Waals surface area contributed by atoms with Gasteiger partial charge in [-0.1, -0.05) is 19.4 Å². The summed E-state index contributed by atoms with van der Waals surface area (Å²) < 4.78 is 35.2. The molecule has 0 aromatic heterocycles. The maximum Gasteiger partial charge on any atom is 0.586 e. The molecule has 2 aliphatic heterocycles. The predicted molar refractivity (Wildman–Crippen MR) is 84.0 cm³/mol. The molecule has 1 N–H and O–H groups in total. The normalized spacial score (nSPS) is 34.3. The average Bonchev–Trinajstić information content (AvgIpc) is 3.06. The van der Waals surface area contributed by atoms with Crippen LogP contribution in [0.15, 0.2) is 18.2 Å². The zero-order valence-electron chi connectivity index (χ0n) is 13.8. The number of halogens is 2. The standard InChI is InChI=1S/C18H23F2NO3/c1-2-17(22)7-3-4-13-10-21(11-14(13)17)9-12-5-6-15-16(8-12)24-18(19,20)23-15/h5-6,8,13-14,22H,2-4,7,9-11H2,1H3/t13-,14+,17-/m1/s1. The Morgan fingerprint density at radius 1 is 1.25 bits per heavy atom. The first kappa shape index (κ1) is 16.1. The molecule has 4 rings (SSSR count). The fourth-order valence-electron chi connectivity index (χ4n) is 4.64. The minimum absolute atomic E-state index is 0.0826. The third kappa shape index (κ3) is 2.75. The van der Waals surface area contributed by atoms with E-state index in [-0.39, 0.29) is 11.5 Å². The van der Waals surface area contributed by atoms with E-state index in [2.05, 4.69) is 21.3 Å². The van der Waals surface area contributed by atoms with Crippen molar-refractivity contribution in [1.82, 2.24) is 4.90 Å². The van der Waals surface area contributed by atoms with E-state index in [1.807, 2.05) is 0 Å². The number of hydrogen-bond donors (Lipinski definition) is 1. The molecule has 0 bridgehead atoms. The summed E-state index contributed by atoms with van der Waals surface area (Å²) in [7, 11) is 0. The van der Waals surface area contributed by atoms with Gasteiger partial charge in [-0.2, -0.15) is 0 Å². The lowest BCUT2D eigenvalue weighted by Crippen LogP contribution is -2.44. The highest BCUT2D eigenvalue weighted by Crippen LogP contribution is 2.45. The first-order valence-electron chi connectivity index (χ1n) is 8.72. The molecular formula is C18H23F2NO3. The van der Waals surface area contributed by atoms with Crippen molar-refractivity contribution in [3.63, 3.8) is 0 Å². The van der Waals surface area contributed by atoms with Crippen molar-refractivity contribution in [2.24, 2.45) is 11.8 Å². The Labute approximate surface area is 140 Å². The molecule has 0 amide bonds. The fourth-order valence-corrected chi connectivity index (χ4v) is 4.64. The van der Waals surface area contributed by atoms with Crippen molar-refractivity contribution in [3.8, 4) is 11.5 Å². The Bertz CT molecular complexity index is 639. The molecule has 2 fully saturated rings. The number of ether oxygens (including phenoxy) is 2. The molecule has 4 nitrogen and oxygen atoms in total. The van der Waals surface area contributed by atoms with E-state index in [0.29, 0.717) is 18.4 Å². The third-order valence-electron chi connectivity index (χ3n) is 5.88. The smallest absolute Gasteiger partial charge is 0.395 e. The molecule has 24 heavy (non-hydrogen) atoms. The van der Waals surface area contributed by atoms with Gasteiger partial charge in [-0.25, -0.2) is 0 Å². The van der Waals surface area contributed by atoms with Gasteiger partial charge in [0.25, 0.3) is 0 Å². The molecule has 2 heterocycles. The molecule has 3 aliphatic rings. The highest BCUT2D eigenvalue weighted by Gasteiger charge is 2.48. The number of aliphatic hydroxyl groups is 1. The second-order valence-corrected chi connectivity index (χ2v) is 7.36. The van der Waals surface area contributed by atoms with Crippen LogP contribution in [0.25, 0.3) is 0 Å². The van der Waals surface area contributed by atoms with E-state index in [4.69, 9.17) is 0 Å². The van der Waals surface area contributed by atoms with E-state index in [0.717, 1.165) is 44.3 Å². The summed E-state index contributed by atoms with van der Waals surface area (Å²) in [6.07, 6.45) is 0.356. The van der Waals surface area contributed by atoms with E-state index in [1.54, 1.807) is 12.1 Å². The van der Waals surface area contributed by atoms with Crippen LogP contribution in [0.2, 0.25) is 0 Å². The Balaban J connectivity index is 1.46. The summed E-state index contributed by atoms with van der Waals surface area (Å²) >= 11 is 0. The number of nitrogens with zero attached hydrogens (tertiary/aromatic N) is 1. The predicted octanol–water partition coefficient (Wildman–Crippen LogP) is 3.38. The Morgan fingerprint density at radius 3 is 2.83 bits per heavy atom. The van der Waals surface area contributed by atoms with Crippen LogP contribution in [0, 0.1) is 11.8 Å². The third-order valence-corrected chi connectivity index (χ3v) is 5.88. The maximum absolute atomic E-state index is 13.1. The lowest BCUT2D eigenvalue weighted by Gasteiger charge is -2.40. The summed E-state index contributed by atoms with van der Waals surface area (Å²) in [5.41, 5.74) is 0.378. The minimum atomic E-state index is -3.57. The van der Waals surface area contributed by atoms with Gasteiger partial charge in [-0.05, 0) is 42.9 Å². The first-order chi connectivity index (χ1) is 11.4. The van der Waals surface area contributed by atoms with Crippen LogP contribution in [0.4, 0.5) is 8.78 Å². The van der Waals surface area contributed by atoms with Crippen molar-refractivity contribution in [3.05, 3.63) is 23.8 Å². The summed E-state index contributed by atoms with van der Waals surface area (Å²) in [4.78, 5) is 2.32. The molecule has 1 saturated heterocycles. The van der Waals surface area contributed by atoms with Crippen molar-refractivity contribution >= 4 is 0 Å². The molecule has 1 aliphatic carbocycles. The second kappa shape index (κ2) is 5.56. The highest BCUT2D eigenvalue weighted by molar-refractivity contribution is 5.45. The molecule has 0 unspecified atom stereocenters. The summed E-state index contributed by atoms with van der Waals surface area (Å²) in [6, 6.07) is 4.97. The molecule has 6 heteroatoms. The van der Waals surface area contributed by atoms with Crippen LogP contribution in [-0.4, -0.2) is 35.0 Å². The minimum Gasteiger partial charge on any atom is -0.395 e. The Hall–Kier alpha value is -1.40. The molecule has 0 radical (unpaired) electrons. The maximum atomic E-state index is 13.1. The van der Waals surface area contributed by atoms with Crippen LogP contribution in [-0.2, 0) is 6.54 Å². The van der Waals surface area contributed by atoms with Crippen LogP contribution in [0.3, 0.4) is 0 Å².